The number of aromatic nitrogens is 5. The van der Waals surface area contributed by atoms with Crippen molar-refractivity contribution in [2.75, 3.05) is 0 Å². The van der Waals surface area contributed by atoms with Crippen molar-refractivity contribution >= 4 is 27.9 Å². The number of benzene rings is 2. The van der Waals surface area contributed by atoms with Crippen LogP contribution in [0.4, 0.5) is 8.78 Å². The molecule has 0 aliphatic carbocycles. The highest BCUT2D eigenvalue weighted by Gasteiger charge is 2.32. The van der Waals surface area contributed by atoms with Crippen LogP contribution in [0, 0.1) is 11.3 Å². The van der Waals surface area contributed by atoms with Gasteiger partial charge in [-0.1, -0.05) is 42.5 Å². The lowest BCUT2D eigenvalue weighted by Gasteiger charge is -2.14. The van der Waals surface area contributed by atoms with Gasteiger partial charge in [0.15, 0.2) is 17.3 Å². The number of rotatable bonds is 6. The largest absolute Gasteiger partial charge is 0.320 e. The first kappa shape index (κ1) is 22.3. The monoisotopic (exact) mass is 470 g/mol. The van der Waals surface area contributed by atoms with E-state index >= 15 is 0 Å². The maximum atomic E-state index is 14.1. The lowest BCUT2D eigenvalue weighted by atomic mass is 9.95. The fourth-order valence-corrected chi connectivity index (χ4v) is 4.22. The molecule has 1 unspecified atom stereocenters. The number of carbonyl (C=O) groups is 1. The van der Waals surface area contributed by atoms with Crippen LogP contribution in [0.25, 0.3) is 33.3 Å². The van der Waals surface area contributed by atoms with Crippen LogP contribution >= 0.6 is 0 Å². The topological polar surface area (TPSA) is 89.4 Å². The number of pyridine rings is 1. The quantitative estimate of drug-likeness (QED) is 0.288. The molecule has 0 radical (unpaired) electrons. The van der Waals surface area contributed by atoms with Gasteiger partial charge in [0.25, 0.3) is 0 Å². The molecule has 3 heterocycles. The number of para-hydroxylation sites is 2. The normalized spacial score (nSPS) is 12.5. The van der Waals surface area contributed by atoms with Crippen LogP contribution in [0.2, 0.25) is 0 Å². The van der Waals surface area contributed by atoms with Gasteiger partial charge in [-0.05, 0) is 32.0 Å². The van der Waals surface area contributed by atoms with Crippen molar-refractivity contribution in [3.05, 3.63) is 78.2 Å². The summed E-state index contributed by atoms with van der Waals surface area (Å²) in [5, 5.41) is 14.8. The number of imidazole rings is 1. The molecule has 5 rings (SSSR count). The van der Waals surface area contributed by atoms with Gasteiger partial charge in [-0.2, -0.15) is 19.1 Å². The number of alkyl halides is 2. The van der Waals surface area contributed by atoms with E-state index < -0.39 is 18.3 Å². The number of nitrogens with zero attached hydrogens (tertiary/aromatic N) is 6. The Morgan fingerprint density at radius 3 is 2.43 bits per heavy atom. The highest BCUT2D eigenvalue weighted by atomic mass is 19.3. The number of fused-ring (bicyclic) bond motifs is 2. The lowest BCUT2D eigenvalue weighted by molar-refractivity contribution is 0.0701. The first-order valence-corrected chi connectivity index (χ1v) is 11.0. The Morgan fingerprint density at radius 2 is 1.74 bits per heavy atom. The van der Waals surface area contributed by atoms with Gasteiger partial charge in [-0.15, -0.1) is 0 Å². The fourth-order valence-electron chi connectivity index (χ4n) is 4.22. The van der Waals surface area contributed by atoms with Crippen molar-refractivity contribution in [3.63, 3.8) is 0 Å². The molecule has 0 saturated heterocycles. The van der Waals surface area contributed by atoms with Gasteiger partial charge in [0.1, 0.15) is 5.82 Å². The Bertz CT molecular complexity index is 1600. The second kappa shape index (κ2) is 8.72. The Labute approximate surface area is 199 Å². The van der Waals surface area contributed by atoms with Crippen molar-refractivity contribution in [2.45, 2.75) is 32.4 Å². The van der Waals surface area contributed by atoms with Crippen LogP contribution < -0.4 is 0 Å². The molecule has 7 nitrogen and oxygen atoms in total. The molecular weight excluding hydrogens is 450 g/mol. The molecule has 3 aromatic heterocycles. The number of hydrogen-bond acceptors (Lipinski definition) is 5. The van der Waals surface area contributed by atoms with E-state index in [2.05, 4.69) is 10.1 Å². The van der Waals surface area contributed by atoms with Gasteiger partial charge >= 0.3 is 6.55 Å². The van der Waals surface area contributed by atoms with Gasteiger partial charge < -0.3 is 0 Å². The van der Waals surface area contributed by atoms with E-state index in [0.29, 0.717) is 21.3 Å². The maximum Gasteiger partial charge on any atom is 0.320 e. The standard InChI is InChI=1S/C26H20F2N6O/c1-15(2)34-25-19(14-30-34)17(12-21(32-25)16-8-4-3-5-9-16)23(35)18(13-29)24-31-20-10-6-7-11-22(20)33(24)26(27)28/h3-12,14-15,18,26H,1-2H3. The Kier molecular flexibility index (Phi) is 5.57. The summed E-state index contributed by atoms with van der Waals surface area (Å²) in [7, 11) is 0. The van der Waals surface area contributed by atoms with Crippen LogP contribution in [0.1, 0.15) is 48.5 Å². The molecule has 5 aromatic rings. The van der Waals surface area contributed by atoms with Gasteiger partial charge in [0.05, 0.1) is 29.0 Å². The van der Waals surface area contributed by atoms with Crippen molar-refractivity contribution in [1.82, 2.24) is 24.3 Å². The number of nitriles is 1. The lowest BCUT2D eigenvalue weighted by Crippen LogP contribution is -2.18. The number of carbonyl (C=O) groups excluding carboxylic acids is 1. The van der Waals surface area contributed by atoms with E-state index in [1.165, 1.54) is 12.3 Å². The fraction of sp³-hybridized carbons (Fsp3) is 0.192. The molecule has 0 N–H and O–H groups in total. The molecule has 9 heteroatoms. The predicted molar refractivity (Wildman–Crippen MR) is 127 cm³/mol. The smallest absolute Gasteiger partial charge is 0.292 e. The number of Topliss-reactive ketones (excluding diaryl/α,β-unsaturated/α-hetero) is 1. The maximum absolute atomic E-state index is 14.1. The van der Waals surface area contributed by atoms with Crippen LogP contribution in [0.15, 0.2) is 66.9 Å². The molecule has 0 saturated carbocycles. The average molecular weight is 470 g/mol. The zero-order chi connectivity index (χ0) is 24.7. The Morgan fingerprint density at radius 1 is 1.03 bits per heavy atom. The van der Waals surface area contributed by atoms with E-state index in [-0.39, 0.29) is 28.5 Å². The number of halogens is 2. The van der Waals surface area contributed by atoms with Gasteiger partial charge in [0.2, 0.25) is 0 Å². The molecule has 0 spiro atoms. The molecule has 2 aromatic carbocycles. The summed E-state index contributed by atoms with van der Waals surface area (Å²) in [5.74, 6) is -2.48. The van der Waals surface area contributed by atoms with E-state index in [1.807, 2.05) is 50.2 Å². The van der Waals surface area contributed by atoms with Crippen LogP contribution in [0.3, 0.4) is 0 Å². The second-order valence-electron chi connectivity index (χ2n) is 8.37. The summed E-state index contributed by atoms with van der Waals surface area (Å²) in [5.41, 5.74) is 2.39. The molecule has 0 aliphatic rings. The summed E-state index contributed by atoms with van der Waals surface area (Å²) < 4.78 is 30.5. The third kappa shape index (κ3) is 3.73. The molecule has 1 atom stereocenters. The molecule has 35 heavy (non-hydrogen) atoms. The molecule has 0 aliphatic heterocycles. The zero-order valence-electron chi connectivity index (χ0n) is 18.9. The minimum Gasteiger partial charge on any atom is -0.292 e. The van der Waals surface area contributed by atoms with Gasteiger partial charge in [0, 0.05) is 22.6 Å². The molecule has 0 amide bonds. The van der Waals surface area contributed by atoms with Crippen molar-refractivity contribution in [1.29, 1.82) is 5.26 Å². The SMILES string of the molecule is CC(C)n1ncc2c(C(=O)C(C#N)c3nc4ccccc4n3C(F)F)cc(-c3ccccc3)nc21. The minimum absolute atomic E-state index is 0.0382. The van der Waals surface area contributed by atoms with Crippen molar-refractivity contribution in [2.24, 2.45) is 0 Å². The predicted octanol–water partition coefficient (Wildman–Crippen LogP) is 5.91. The van der Waals surface area contributed by atoms with Crippen molar-refractivity contribution in [3.8, 4) is 17.3 Å². The van der Waals surface area contributed by atoms with Crippen molar-refractivity contribution < 1.29 is 13.6 Å². The first-order valence-electron chi connectivity index (χ1n) is 11.0. The van der Waals surface area contributed by atoms with E-state index in [4.69, 9.17) is 4.98 Å². The first-order chi connectivity index (χ1) is 16.9. The molecule has 0 fully saturated rings. The summed E-state index contributed by atoms with van der Waals surface area (Å²) >= 11 is 0. The molecule has 174 valence electrons. The zero-order valence-corrected chi connectivity index (χ0v) is 18.9. The average Bonchev–Trinajstić information content (AvgIpc) is 3.46. The van der Waals surface area contributed by atoms with Crippen LogP contribution in [-0.2, 0) is 0 Å². The second-order valence-corrected chi connectivity index (χ2v) is 8.37. The van der Waals surface area contributed by atoms with Crippen LogP contribution in [0.5, 0.6) is 0 Å². The summed E-state index contributed by atoms with van der Waals surface area (Å²) in [6, 6.07) is 19.1. The van der Waals surface area contributed by atoms with Crippen LogP contribution in [-0.4, -0.2) is 30.1 Å². The number of hydrogen-bond donors (Lipinski definition) is 0. The Balaban J connectivity index is 1.73. The Hall–Kier alpha value is -4.45. The van der Waals surface area contributed by atoms with E-state index in [1.54, 1.807) is 28.9 Å². The van der Waals surface area contributed by atoms with Gasteiger partial charge in [-0.25, -0.2) is 14.6 Å². The molecular formula is C26H20F2N6O. The highest BCUT2D eigenvalue weighted by molar-refractivity contribution is 6.11. The third-order valence-corrected chi connectivity index (χ3v) is 5.86. The number of ketones is 1. The van der Waals surface area contributed by atoms with E-state index in [0.717, 1.165) is 5.56 Å². The third-order valence-electron chi connectivity index (χ3n) is 5.86. The highest BCUT2D eigenvalue weighted by Crippen LogP contribution is 2.33. The summed E-state index contributed by atoms with van der Waals surface area (Å²) in [6.07, 6.45) is 1.52. The summed E-state index contributed by atoms with van der Waals surface area (Å²) in [6.45, 7) is 0.906. The summed E-state index contributed by atoms with van der Waals surface area (Å²) in [4.78, 5) is 22.8. The van der Waals surface area contributed by atoms with Gasteiger partial charge in [-0.3, -0.25) is 9.36 Å². The molecule has 0 bridgehead atoms. The van der Waals surface area contributed by atoms with E-state index in [9.17, 15) is 18.8 Å². The minimum atomic E-state index is -2.97.